The van der Waals surface area contributed by atoms with E-state index in [1.54, 1.807) is 11.3 Å². The molecule has 0 aliphatic carbocycles. The highest BCUT2D eigenvalue weighted by atomic mass is 32.1. The number of pyridine rings is 1. The van der Waals surface area contributed by atoms with E-state index in [0.717, 1.165) is 4.88 Å². The van der Waals surface area contributed by atoms with Gasteiger partial charge in [-0.15, -0.1) is 11.3 Å². The van der Waals surface area contributed by atoms with E-state index in [-0.39, 0.29) is 11.6 Å². The number of amides is 1. The van der Waals surface area contributed by atoms with Gasteiger partial charge in [0.25, 0.3) is 5.91 Å². The van der Waals surface area contributed by atoms with Crippen LogP contribution in [0.15, 0.2) is 30.3 Å². The quantitative estimate of drug-likeness (QED) is 0.850. The molecule has 1 N–H and O–H groups in total. The molecular formula is C12H11FN2OS. The first-order valence-corrected chi connectivity index (χ1v) is 5.93. The molecule has 2 aromatic rings. The second kappa shape index (κ2) is 5.05. The minimum Gasteiger partial charge on any atom is -0.346 e. The molecule has 0 aliphatic rings. The number of carbonyl (C=O) groups is 1. The van der Waals surface area contributed by atoms with Crippen molar-refractivity contribution in [2.45, 2.75) is 13.5 Å². The second-order valence-electron chi connectivity index (χ2n) is 3.54. The minimum atomic E-state index is -0.649. The van der Waals surface area contributed by atoms with E-state index in [4.69, 9.17) is 0 Å². The molecule has 2 heterocycles. The van der Waals surface area contributed by atoms with Crippen molar-refractivity contribution in [1.82, 2.24) is 10.3 Å². The topological polar surface area (TPSA) is 42.0 Å². The summed E-state index contributed by atoms with van der Waals surface area (Å²) in [7, 11) is 0. The Morgan fingerprint density at radius 2 is 2.24 bits per heavy atom. The standard InChI is InChI=1S/C12H11FN2OS/c1-8-5-6-9(17-8)7-14-12(16)10-3-2-4-11(13)15-10/h2-6H,7H2,1H3,(H,14,16). The lowest BCUT2D eigenvalue weighted by molar-refractivity contribution is 0.0945. The molecule has 0 fully saturated rings. The van der Waals surface area contributed by atoms with Gasteiger partial charge in [0.2, 0.25) is 5.95 Å². The van der Waals surface area contributed by atoms with E-state index in [1.807, 2.05) is 19.1 Å². The van der Waals surface area contributed by atoms with Crippen LogP contribution < -0.4 is 5.32 Å². The summed E-state index contributed by atoms with van der Waals surface area (Å²) < 4.78 is 12.8. The van der Waals surface area contributed by atoms with Gasteiger partial charge in [-0.3, -0.25) is 4.79 Å². The average molecular weight is 250 g/mol. The van der Waals surface area contributed by atoms with Crippen molar-refractivity contribution in [2.24, 2.45) is 0 Å². The largest absolute Gasteiger partial charge is 0.346 e. The van der Waals surface area contributed by atoms with Crippen LogP contribution in [0.1, 0.15) is 20.2 Å². The fourth-order valence-electron chi connectivity index (χ4n) is 1.37. The molecule has 0 saturated carbocycles. The van der Waals surface area contributed by atoms with Gasteiger partial charge in [0.05, 0.1) is 6.54 Å². The highest BCUT2D eigenvalue weighted by molar-refractivity contribution is 7.11. The lowest BCUT2D eigenvalue weighted by Gasteiger charge is -2.02. The second-order valence-corrected chi connectivity index (χ2v) is 4.91. The Balaban J connectivity index is 1.98. The zero-order chi connectivity index (χ0) is 12.3. The maximum Gasteiger partial charge on any atom is 0.270 e. The summed E-state index contributed by atoms with van der Waals surface area (Å²) in [6.07, 6.45) is 0. The van der Waals surface area contributed by atoms with Crippen LogP contribution in [0.4, 0.5) is 4.39 Å². The van der Waals surface area contributed by atoms with Crippen molar-refractivity contribution in [3.8, 4) is 0 Å². The fraction of sp³-hybridized carbons (Fsp3) is 0.167. The number of carbonyl (C=O) groups excluding carboxylic acids is 1. The maximum absolute atomic E-state index is 12.8. The molecule has 3 nitrogen and oxygen atoms in total. The molecule has 1 amide bonds. The summed E-state index contributed by atoms with van der Waals surface area (Å²) >= 11 is 1.62. The summed E-state index contributed by atoms with van der Waals surface area (Å²) in [5, 5.41) is 2.70. The maximum atomic E-state index is 12.8. The molecule has 0 aromatic carbocycles. The zero-order valence-electron chi connectivity index (χ0n) is 9.24. The van der Waals surface area contributed by atoms with Gasteiger partial charge in [-0.1, -0.05) is 6.07 Å². The number of aromatic nitrogens is 1. The Bertz CT molecular complexity index is 539. The van der Waals surface area contributed by atoms with E-state index in [2.05, 4.69) is 10.3 Å². The molecular weight excluding hydrogens is 239 g/mol. The van der Waals surface area contributed by atoms with E-state index in [1.165, 1.54) is 23.1 Å². The van der Waals surface area contributed by atoms with Crippen LogP contribution in [0.2, 0.25) is 0 Å². The Kier molecular flexibility index (Phi) is 3.49. The third-order valence-electron chi connectivity index (χ3n) is 2.17. The smallest absolute Gasteiger partial charge is 0.270 e. The zero-order valence-corrected chi connectivity index (χ0v) is 10.1. The van der Waals surface area contributed by atoms with Crippen molar-refractivity contribution in [2.75, 3.05) is 0 Å². The molecule has 0 unspecified atom stereocenters. The number of halogens is 1. The monoisotopic (exact) mass is 250 g/mol. The first-order chi connectivity index (χ1) is 8.15. The van der Waals surface area contributed by atoms with Crippen LogP contribution in [0.5, 0.6) is 0 Å². The number of rotatable bonds is 3. The van der Waals surface area contributed by atoms with Crippen molar-refractivity contribution in [3.63, 3.8) is 0 Å². The van der Waals surface area contributed by atoms with Gasteiger partial charge in [-0.2, -0.15) is 4.39 Å². The van der Waals surface area contributed by atoms with E-state index >= 15 is 0 Å². The highest BCUT2D eigenvalue weighted by Gasteiger charge is 2.07. The van der Waals surface area contributed by atoms with Gasteiger partial charge < -0.3 is 5.32 Å². The van der Waals surface area contributed by atoms with Crippen LogP contribution in [0, 0.1) is 12.9 Å². The number of nitrogens with one attached hydrogen (secondary N) is 1. The number of aryl methyl sites for hydroxylation is 1. The summed E-state index contributed by atoms with van der Waals surface area (Å²) in [6.45, 7) is 2.44. The van der Waals surface area contributed by atoms with Crippen LogP contribution in [-0.4, -0.2) is 10.9 Å². The van der Waals surface area contributed by atoms with E-state index < -0.39 is 5.95 Å². The Morgan fingerprint density at radius 1 is 1.41 bits per heavy atom. The van der Waals surface area contributed by atoms with Gasteiger partial charge in [-0.25, -0.2) is 4.98 Å². The molecule has 0 bridgehead atoms. The van der Waals surface area contributed by atoms with E-state index in [9.17, 15) is 9.18 Å². The fourth-order valence-corrected chi connectivity index (χ4v) is 2.20. The molecule has 0 aliphatic heterocycles. The third kappa shape index (κ3) is 3.10. The number of hydrogen-bond donors (Lipinski definition) is 1. The van der Waals surface area contributed by atoms with Gasteiger partial charge >= 0.3 is 0 Å². The first kappa shape index (κ1) is 11.7. The molecule has 0 saturated heterocycles. The van der Waals surface area contributed by atoms with Crippen LogP contribution >= 0.6 is 11.3 Å². The molecule has 0 atom stereocenters. The number of nitrogens with zero attached hydrogens (tertiary/aromatic N) is 1. The molecule has 2 rings (SSSR count). The van der Waals surface area contributed by atoms with Gasteiger partial charge in [-0.05, 0) is 31.2 Å². The summed E-state index contributed by atoms with van der Waals surface area (Å²) in [4.78, 5) is 17.4. The normalized spacial score (nSPS) is 10.2. The van der Waals surface area contributed by atoms with Crippen LogP contribution in [0.25, 0.3) is 0 Å². The van der Waals surface area contributed by atoms with Gasteiger partial charge in [0.15, 0.2) is 0 Å². The highest BCUT2D eigenvalue weighted by Crippen LogP contribution is 2.14. The first-order valence-electron chi connectivity index (χ1n) is 5.11. The van der Waals surface area contributed by atoms with Crippen LogP contribution in [-0.2, 0) is 6.54 Å². The Hall–Kier alpha value is -1.75. The molecule has 2 aromatic heterocycles. The lowest BCUT2D eigenvalue weighted by atomic mass is 10.3. The molecule has 88 valence electrons. The predicted molar refractivity (Wildman–Crippen MR) is 64.4 cm³/mol. The summed E-state index contributed by atoms with van der Waals surface area (Å²) in [5.74, 6) is -1.01. The summed E-state index contributed by atoms with van der Waals surface area (Å²) in [5.41, 5.74) is 0.0956. The SMILES string of the molecule is Cc1ccc(CNC(=O)c2cccc(F)n2)s1. The molecule has 0 spiro atoms. The predicted octanol–water partition coefficient (Wildman–Crippen LogP) is 2.52. The van der Waals surface area contributed by atoms with Crippen molar-refractivity contribution >= 4 is 17.2 Å². The number of hydrogen-bond acceptors (Lipinski definition) is 3. The lowest BCUT2D eigenvalue weighted by Crippen LogP contribution is -2.23. The Labute approximate surface area is 102 Å². The summed E-state index contributed by atoms with van der Waals surface area (Å²) in [6, 6.07) is 8.11. The molecule has 5 heteroatoms. The van der Waals surface area contributed by atoms with Gasteiger partial charge in [0.1, 0.15) is 5.69 Å². The Morgan fingerprint density at radius 3 is 2.88 bits per heavy atom. The van der Waals surface area contributed by atoms with Crippen molar-refractivity contribution in [1.29, 1.82) is 0 Å². The number of thiophene rings is 1. The molecule has 0 radical (unpaired) electrons. The van der Waals surface area contributed by atoms with Gasteiger partial charge in [0, 0.05) is 9.75 Å². The third-order valence-corrected chi connectivity index (χ3v) is 3.17. The van der Waals surface area contributed by atoms with Crippen molar-refractivity contribution in [3.05, 3.63) is 51.7 Å². The van der Waals surface area contributed by atoms with E-state index in [0.29, 0.717) is 6.54 Å². The molecule has 17 heavy (non-hydrogen) atoms. The average Bonchev–Trinajstić information content (AvgIpc) is 2.72. The van der Waals surface area contributed by atoms with Crippen LogP contribution in [0.3, 0.4) is 0 Å². The van der Waals surface area contributed by atoms with Crippen molar-refractivity contribution < 1.29 is 9.18 Å². The minimum absolute atomic E-state index is 0.0956.